The summed E-state index contributed by atoms with van der Waals surface area (Å²) < 4.78 is 15.0. The third-order valence-corrected chi connectivity index (χ3v) is 5.28. The summed E-state index contributed by atoms with van der Waals surface area (Å²) in [4.78, 5) is 0. The van der Waals surface area contributed by atoms with Gasteiger partial charge in [0.05, 0.1) is 0 Å². The van der Waals surface area contributed by atoms with E-state index in [9.17, 15) is 4.39 Å². The molecule has 1 N–H and O–H groups in total. The molecule has 3 heteroatoms. The molecule has 0 spiro atoms. The van der Waals surface area contributed by atoms with Crippen LogP contribution >= 0.6 is 15.9 Å². The Morgan fingerprint density at radius 2 is 2.10 bits per heavy atom. The third kappa shape index (κ3) is 4.05. The average Bonchev–Trinajstić information content (AvgIpc) is 2.45. The van der Waals surface area contributed by atoms with E-state index in [0.29, 0.717) is 11.8 Å². The highest BCUT2D eigenvalue weighted by Gasteiger charge is 2.29. The summed E-state index contributed by atoms with van der Waals surface area (Å²) in [7, 11) is 2.02. The molecule has 112 valence electrons. The Labute approximate surface area is 130 Å². The first kappa shape index (κ1) is 16.0. The second-order valence-corrected chi connectivity index (χ2v) is 7.02. The van der Waals surface area contributed by atoms with Crippen LogP contribution in [0.4, 0.5) is 4.39 Å². The SMILES string of the molecule is CCC1CCC(CNC)C(Cc2cc(Br)ccc2F)C1. The number of hydrogen-bond acceptors (Lipinski definition) is 1. The van der Waals surface area contributed by atoms with E-state index in [-0.39, 0.29) is 5.82 Å². The zero-order chi connectivity index (χ0) is 14.5. The fraction of sp³-hybridized carbons (Fsp3) is 0.647. The summed E-state index contributed by atoms with van der Waals surface area (Å²) >= 11 is 3.45. The molecular weight excluding hydrogens is 317 g/mol. The Balaban J connectivity index is 2.11. The van der Waals surface area contributed by atoms with Crippen molar-refractivity contribution in [2.75, 3.05) is 13.6 Å². The highest BCUT2D eigenvalue weighted by molar-refractivity contribution is 9.10. The molecule has 0 amide bonds. The van der Waals surface area contributed by atoms with Crippen LogP contribution in [0.5, 0.6) is 0 Å². The minimum Gasteiger partial charge on any atom is -0.319 e. The smallest absolute Gasteiger partial charge is 0.126 e. The Kier molecular flexibility index (Phi) is 6.03. The molecule has 1 aliphatic rings. The number of hydrogen-bond donors (Lipinski definition) is 1. The van der Waals surface area contributed by atoms with Crippen molar-refractivity contribution in [3.63, 3.8) is 0 Å². The van der Waals surface area contributed by atoms with Crippen molar-refractivity contribution in [3.05, 3.63) is 34.1 Å². The molecule has 1 fully saturated rings. The summed E-state index contributed by atoms with van der Waals surface area (Å²) in [5.74, 6) is 2.05. The van der Waals surface area contributed by atoms with Gasteiger partial charge in [-0.1, -0.05) is 35.7 Å². The Morgan fingerprint density at radius 1 is 1.30 bits per heavy atom. The average molecular weight is 342 g/mol. The molecule has 3 atom stereocenters. The van der Waals surface area contributed by atoms with Crippen molar-refractivity contribution < 1.29 is 4.39 Å². The lowest BCUT2D eigenvalue weighted by atomic mass is 9.71. The summed E-state index contributed by atoms with van der Waals surface area (Å²) in [6.07, 6.45) is 5.98. The van der Waals surface area contributed by atoms with Crippen LogP contribution in [0.1, 0.15) is 38.2 Å². The Morgan fingerprint density at radius 3 is 2.80 bits per heavy atom. The van der Waals surface area contributed by atoms with E-state index in [1.165, 1.54) is 25.7 Å². The van der Waals surface area contributed by atoms with Gasteiger partial charge in [-0.05, 0) is 74.4 Å². The van der Waals surface area contributed by atoms with Crippen LogP contribution in [0.2, 0.25) is 0 Å². The standard InChI is InChI=1S/C17H25BrFN/c1-3-12-4-5-13(11-20-2)14(8-12)9-15-10-16(18)6-7-17(15)19/h6-7,10,12-14,20H,3-5,8-9,11H2,1-2H3. The van der Waals surface area contributed by atoms with E-state index < -0.39 is 0 Å². The van der Waals surface area contributed by atoms with Crippen LogP contribution in [-0.2, 0) is 6.42 Å². The molecule has 1 saturated carbocycles. The number of rotatable bonds is 5. The molecule has 20 heavy (non-hydrogen) atoms. The molecule has 0 heterocycles. The van der Waals surface area contributed by atoms with Gasteiger partial charge in [0.15, 0.2) is 0 Å². The molecule has 1 aromatic rings. The van der Waals surface area contributed by atoms with Gasteiger partial charge in [-0.15, -0.1) is 0 Å². The highest BCUT2D eigenvalue weighted by atomic mass is 79.9. The van der Waals surface area contributed by atoms with Crippen molar-refractivity contribution in [1.82, 2.24) is 5.32 Å². The van der Waals surface area contributed by atoms with Crippen LogP contribution in [0.15, 0.2) is 22.7 Å². The van der Waals surface area contributed by atoms with Gasteiger partial charge in [0.1, 0.15) is 5.82 Å². The van der Waals surface area contributed by atoms with E-state index in [1.54, 1.807) is 12.1 Å². The normalized spacial score (nSPS) is 26.7. The lowest BCUT2D eigenvalue weighted by Gasteiger charge is -2.36. The van der Waals surface area contributed by atoms with Gasteiger partial charge in [-0.25, -0.2) is 4.39 Å². The van der Waals surface area contributed by atoms with Crippen LogP contribution in [0.3, 0.4) is 0 Å². The van der Waals surface area contributed by atoms with Gasteiger partial charge >= 0.3 is 0 Å². The second-order valence-electron chi connectivity index (χ2n) is 6.11. The van der Waals surface area contributed by atoms with Crippen LogP contribution < -0.4 is 5.32 Å². The van der Waals surface area contributed by atoms with Crippen LogP contribution in [0, 0.1) is 23.6 Å². The van der Waals surface area contributed by atoms with E-state index in [2.05, 4.69) is 28.2 Å². The monoisotopic (exact) mass is 341 g/mol. The first-order chi connectivity index (χ1) is 9.63. The molecule has 1 aromatic carbocycles. The molecule has 0 aliphatic heterocycles. The van der Waals surface area contributed by atoms with Crippen molar-refractivity contribution in [3.8, 4) is 0 Å². The van der Waals surface area contributed by atoms with Gasteiger partial charge in [0.25, 0.3) is 0 Å². The van der Waals surface area contributed by atoms with Crippen molar-refractivity contribution in [2.24, 2.45) is 17.8 Å². The second kappa shape index (κ2) is 7.56. The fourth-order valence-electron chi connectivity index (χ4n) is 3.56. The lowest BCUT2D eigenvalue weighted by Crippen LogP contribution is -2.33. The molecule has 0 aromatic heterocycles. The molecule has 0 radical (unpaired) electrons. The maximum absolute atomic E-state index is 14.0. The van der Waals surface area contributed by atoms with E-state index >= 15 is 0 Å². The highest BCUT2D eigenvalue weighted by Crippen LogP contribution is 2.37. The summed E-state index contributed by atoms with van der Waals surface area (Å²) in [6.45, 7) is 3.33. The van der Waals surface area contributed by atoms with Crippen molar-refractivity contribution >= 4 is 15.9 Å². The number of halogens is 2. The van der Waals surface area contributed by atoms with Crippen LogP contribution in [-0.4, -0.2) is 13.6 Å². The zero-order valence-corrected chi connectivity index (χ0v) is 14.0. The molecule has 0 bridgehead atoms. The van der Waals surface area contributed by atoms with E-state index in [4.69, 9.17) is 0 Å². The first-order valence-electron chi connectivity index (χ1n) is 7.72. The summed E-state index contributed by atoms with van der Waals surface area (Å²) in [5, 5.41) is 3.31. The van der Waals surface area contributed by atoms with Gasteiger partial charge in [0, 0.05) is 4.47 Å². The first-order valence-corrected chi connectivity index (χ1v) is 8.51. The minimum absolute atomic E-state index is 0.0602. The minimum atomic E-state index is -0.0602. The van der Waals surface area contributed by atoms with Gasteiger partial charge in [-0.2, -0.15) is 0 Å². The number of benzene rings is 1. The fourth-order valence-corrected chi connectivity index (χ4v) is 3.97. The quantitative estimate of drug-likeness (QED) is 0.811. The number of nitrogens with one attached hydrogen (secondary N) is 1. The molecule has 1 aliphatic carbocycles. The molecule has 2 rings (SSSR count). The molecule has 0 saturated heterocycles. The maximum Gasteiger partial charge on any atom is 0.126 e. The van der Waals surface area contributed by atoms with Crippen molar-refractivity contribution in [2.45, 2.75) is 39.0 Å². The van der Waals surface area contributed by atoms with Gasteiger partial charge in [-0.3, -0.25) is 0 Å². The Bertz CT molecular complexity index is 435. The van der Waals surface area contributed by atoms with Gasteiger partial charge in [0.2, 0.25) is 0 Å². The Hall–Kier alpha value is -0.410. The predicted octanol–water partition coefficient (Wildman–Crippen LogP) is 4.79. The third-order valence-electron chi connectivity index (χ3n) is 4.78. The lowest BCUT2D eigenvalue weighted by molar-refractivity contribution is 0.172. The zero-order valence-electron chi connectivity index (χ0n) is 12.5. The van der Waals surface area contributed by atoms with Gasteiger partial charge < -0.3 is 5.32 Å². The maximum atomic E-state index is 14.0. The molecular formula is C17H25BrFN. The van der Waals surface area contributed by atoms with E-state index in [0.717, 1.165) is 28.9 Å². The van der Waals surface area contributed by atoms with Crippen LogP contribution in [0.25, 0.3) is 0 Å². The summed E-state index contributed by atoms with van der Waals surface area (Å²) in [6, 6.07) is 5.30. The predicted molar refractivity (Wildman–Crippen MR) is 86.3 cm³/mol. The molecule has 3 unspecified atom stereocenters. The largest absolute Gasteiger partial charge is 0.319 e. The van der Waals surface area contributed by atoms with E-state index in [1.807, 2.05) is 13.1 Å². The molecule has 1 nitrogen and oxygen atoms in total. The van der Waals surface area contributed by atoms with Crippen molar-refractivity contribution in [1.29, 1.82) is 0 Å². The summed E-state index contributed by atoms with van der Waals surface area (Å²) in [5.41, 5.74) is 0.863. The topological polar surface area (TPSA) is 12.0 Å².